The average molecular weight is 322 g/mol. The highest BCUT2D eigenvalue weighted by atomic mass is 32.2. The molecule has 1 N–H and O–H groups in total. The molecule has 0 aliphatic carbocycles. The Balaban J connectivity index is 3.05. The molecule has 0 amide bonds. The van der Waals surface area contributed by atoms with Gasteiger partial charge in [0.2, 0.25) is 0 Å². The third-order valence-corrected chi connectivity index (χ3v) is 4.64. The van der Waals surface area contributed by atoms with Gasteiger partial charge in [-0.3, -0.25) is 4.98 Å². The summed E-state index contributed by atoms with van der Waals surface area (Å²) in [6.45, 7) is 8.99. The van der Waals surface area contributed by atoms with Crippen molar-refractivity contribution in [1.29, 1.82) is 0 Å². The molecule has 0 saturated heterocycles. The Hall–Kier alpha value is -0.950. The van der Waals surface area contributed by atoms with Crippen molar-refractivity contribution in [2.24, 2.45) is 0 Å². The predicted molar refractivity (Wildman–Crippen MR) is 78.0 cm³/mol. The van der Waals surface area contributed by atoms with Crippen LogP contribution in [-0.2, 0) is 17.2 Å². The van der Waals surface area contributed by atoms with E-state index in [2.05, 4.69) is 9.71 Å². The number of aromatic nitrogens is 1. The van der Waals surface area contributed by atoms with Crippen LogP contribution < -0.4 is 4.72 Å². The molecule has 0 radical (unpaired) electrons. The summed E-state index contributed by atoms with van der Waals surface area (Å²) in [5, 5.41) is 0. The first-order valence-corrected chi connectivity index (χ1v) is 7.83. The topological polar surface area (TPSA) is 42.0 Å². The van der Waals surface area contributed by atoms with Crippen LogP contribution in [0.3, 0.4) is 0 Å². The van der Waals surface area contributed by atoms with E-state index in [0.29, 0.717) is 17.5 Å². The molecule has 0 fully saturated rings. The smallest absolute Gasteiger partial charge is 0.251 e. The molecule has 0 aliphatic heterocycles. The number of hydrogen-bond donors (Lipinski definition) is 1. The van der Waals surface area contributed by atoms with Crippen LogP contribution in [-0.4, -0.2) is 13.9 Å². The Morgan fingerprint density at radius 2 is 1.90 bits per heavy atom. The Bertz CT molecular complexity index is 524. The van der Waals surface area contributed by atoms with Gasteiger partial charge in [0.15, 0.2) is 0 Å². The Morgan fingerprint density at radius 3 is 2.29 bits per heavy atom. The van der Waals surface area contributed by atoms with Crippen molar-refractivity contribution in [3.63, 3.8) is 0 Å². The number of pyridine rings is 1. The highest BCUT2D eigenvalue weighted by Crippen LogP contribution is 2.30. The Kier molecular flexibility index (Phi) is 5.55. The zero-order valence-corrected chi connectivity index (χ0v) is 13.7. The van der Waals surface area contributed by atoms with E-state index in [9.17, 15) is 17.4 Å². The maximum absolute atomic E-state index is 12.6. The van der Waals surface area contributed by atoms with E-state index >= 15 is 0 Å². The van der Waals surface area contributed by atoms with Gasteiger partial charge in [-0.25, -0.2) is 8.93 Å². The summed E-state index contributed by atoms with van der Waals surface area (Å²) in [6.07, 6.45) is -2.62. The lowest BCUT2D eigenvalue weighted by atomic mass is 10.0. The van der Waals surface area contributed by atoms with E-state index in [1.54, 1.807) is 6.92 Å². The molecular formula is C14H21F3N2OS. The molecule has 0 spiro atoms. The predicted octanol–water partition coefficient (Wildman–Crippen LogP) is 3.91. The van der Waals surface area contributed by atoms with E-state index in [-0.39, 0.29) is 6.04 Å². The standard InChI is InChI=1S/C14H21F3N2OS/c1-6-11(19-21(20)13(3,4)5)10-8-18-12(7-9(10)2)14(15,16)17/h7-8,11,19H,6H2,1-5H3/t11-,21+/m1/s1. The molecule has 0 bridgehead atoms. The number of nitrogens with one attached hydrogen (secondary N) is 1. The van der Waals surface area contributed by atoms with Crippen LogP contribution in [0.5, 0.6) is 0 Å². The van der Waals surface area contributed by atoms with Gasteiger partial charge in [0.05, 0.1) is 15.7 Å². The minimum absolute atomic E-state index is 0.292. The fraction of sp³-hybridized carbons (Fsp3) is 0.643. The lowest BCUT2D eigenvalue weighted by molar-refractivity contribution is -0.141. The van der Waals surface area contributed by atoms with Crippen LogP contribution in [0, 0.1) is 6.92 Å². The highest BCUT2D eigenvalue weighted by molar-refractivity contribution is 7.84. The average Bonchev–Trinajstić information content (AvgIpc) is 2.33. The fourth-order valence-corrected chi connectivity index (χ4v) is 2.66. The zero-order chi connectivity index (χ0) is 16.4. The van der Waals surface area contributed by atoms with Crippen LogP contribution >= 0.6 is 0 Å². The highest BCUT2D eigenvalue weighted by Gasteiger charge is 2.33. The molecule has 2 atom stereocenters. The summed E-state index contributed by atoms with van der Waals surface area (Å²) in [6, 6.07) is 0.736. The molecule has 1 aromatic rings. The third kappa shape index (κ3) is 4.78. The maximum atomic E-state index is 12.6. The van der Waals surface area contributed by atoms with Gasteiger partial charge in [0.25, 0.3) is 0 Å². The van der Waals surface area contributed by atoms with E-state index in [4.69, 9.17) is 0 Å². The molecule has 1 rings (SSSR count). The molecule has 0 aliphatic rings. The molecule has 0 aromatic carbocycles. The van der Waals surface area contributed by atoms with Crippen LogP contribution in [0.25, 0.3) is 0 Å². The van der Waals surface area contributed by atoms with E-state index in [1.807, 2.05) is 27.7 Å². The lowest BCUT2D eigenvalue weighted by Gasteiger charge is -2.24. The largest absolute Gasteiger partial charge is 0.433 e. The first kappa shape index (κ1) is 18.1. The zero-order valence-electron chi connectivity index (χ0n) is 12.8. The van der Waals surface area contributed by atoms with E-state index < -0.39 is 27.6 Å². The molecule has 0 saturated carbocycles. The summed E-state index contributed by atoms with van der Waals surface area (Å²) in [5.74, 6) is 0. The summed E-state index contributed by atoms with van der Waals surface area (Å²) in [4.78, 5) is 3.49. The monoisotopic (exact) mass is 322 g/mol. The minimum Gasteiger partial charge on any atom is -0.251 e. The number of rotatable bonds is 4. The van der Waals surface area contributed by atoms with Crippen molar-refractivity contribution in [1.82, 2.24) is 9.71 Å². The molecule has 0 unspecified atom stereocenters. The summed E-state index contributed by atoms with van der Waals surface area (Å²) in [7, 11) is -1.30. The van der Waals surface area contributed by atoms with Gasteiger partial charge in [-0.2, -0.15) is 13.2 Å². The normalized spacial score (nSPS) is 15.8. The SMILES string of the molecule is CC[C@@H](N[S@@](=O)C(C)(C)C)c1cnc(C(F)(F)F)cc1C. The summed E-state index contributed by atoms with van der Waals surface area (Å²) in [5.41, 5.74) is 0.223. The first-order valence-electron chi connectivity index (χ1n) is 6.68. The quantitative estimate of drug-likeness (QED) is 0.913. The number of aryl methyl sites for hydroxylation is 1. The van der Waals surface area contributed by atoms with Gasteiger partial charge < -0.3 is 0 Å². The van der Waals surface area contributed by atoms with E-state index in [1.165, 1.54) is 6.20 Å². The second-order valence-corrected chi connectivity index (χ2v) is 7.88. The van der Waals surface area contributed by atoms with Gasteiger partial charge >= 0.3 is 6.18 Å². The summed E-state index contributed by atoms with van der Waals surface area (Å²) < 4.78 is 52.5. The molecule has 1 aromatic heterocycles. The fourth-order valence-electron chi connectivity index (χ4n) is 1.76. The van der Waals surface area contributed by atoms with Crippen LogP contribution in [0.1, 0.15) is 57.0 Å². The number of alkyl halides is 3. The number of halogens is 3. The summed E-state index contributed by atoms with van der Waals surface area (Å²) >= 11 is 0. The van der Waals surface area contributed by atoms with Gasteiger partial charge in [-0.15, -0.1) is 0 Å². The van der Waals surface area contributed by atoms with Crippen molar-refractivity contribution < 1.29 is 17.4 Å². The molecule has 120 valence electrons. The molecule has 7 heteroatoms. The molecule has 21 heavy (non-hydrogen) atoms. The van der Waals surface area contributed by atoms with E-state index in [0.717, 1.165) is 6.07 Å². The van der Waals surface area contributed by atoms with Gasteiger partial charge in [0, 0.05) is 12.2 Å². The maximum Gasteiger partial charge on any atom is 0.433 e. The first-order chi connectivity index (χ1) is 9.46. The van der Waals surface area contributed by atoms with Crippen LogP contribution in [0.15, 0.2) is 12.3 Å². The molecule has 1 heterocycles. The molecular weight excluding hydrogens is 301 g/mol. The Labute approximate surface area is 125 Å². The van der Waals surface area contributed by atoms with Crippen molar-refractivity contribution in [3.05, 3.63) is 29.1 Å². The second kappa shape index (κ2) is 6.44. The van der Waals surface area contributed by atoms with Gasteiger partial charge in [-0.05, 0) is 51.3 Å². The molecule has 3 nitrogen and oxygen atoms in total. The van der Waals surface area contributed by atoms with Gasteiger partial charge in [0.1, 0.15) is 5.69 Å². The van der Waals surface area contributed by atoms with Crippen LogP contribution in [0.4, 0.5) is 13.2 Å². The number of hydrogen-bond acceptors (Lipinski definition) is 2. The van der Waals surface area contributed by atoms with Gasteiger partial charge in [-0.1, -0.05) is 6.92 Å². The van der Waals surface area contributed by atoms with Crippen molar-refractivity contribution in [2.75, 3.05) is 0 Å². The minimum atomic E-state index is -4.45. The van der Waals surface area contributed by atoms with Crippen molar-refractivity contribution in [3.8, 4) is 0 Å². The van der Waals surface area contributed by atoms with Crippen molar-refractivity contribution in [2.45, 2.75) is 58.0 Å². The van der Waals surface area contributed by atoms with Crippen LogP contribution in [0.2, 0.25) is 0 Å². The third-order valence-electron chi connectivity index (χ3n) is 3.03. The van der Waals surface area contributed by atoms with Crippen molar-refractivity contribution >= 4 is 11.0 Å². The Morgan fingerprint density at radius 1 is 1.33 bits per heavy atom. The second-order valence-electron chi connectivity index (χ2n) is 5.88. The lowest BCUT2D eigenvalue weighted by Crippen LogP contribution is -2.35. The number of nitrogens with zero attached hydrogens (tertiary/aromatic N) is 1.